The first kappa shape index (κ1) is 15.1. The van der Waals surface area contributed by atoms with Gasteiger partial charge in [0.25, 0.3) is 0 Å². The number of rotatable bonds is 5. The molecule has 1 atom stereocenters. The molecule has 0 spiro atoms. The van der Waals surface area contributed by atoms with Crippen LogP contribution in [0, 0.1) is 0 Å². The van der Waals surface area contributed by atoms with E-state index in [1.807, 2.05) is 0 Å². The molecule has 0 fully saturated rings. The van der Waals surface area contributed by atoms with Crippen LogP contribution in [0.3, 0.4) is 0 Å². The molecule has 0 aliphatic rings. The van der Waals surface area contributed by atoms with Crippen LogP contribution < -0.4 is 9.31 Å². The third-order valence-corrected chi connectivity index (χ3v) is 45.7. The quantitative estimate of drug-likeness (QED) is 0.795. The van der Waals surface area contributed by atoms with E-state index in [2.05, 4.69) is 76.8 Å². The van der Waals surface area contributed by atoms with Gasteiger partial charge in [-0.25, -0.2) is 0 Å². The van der Waals surface area contributed by atoms with E-state index in [9.17, 15) is 0 Å². The van der Waals surface area contributed by atoms with Crippen molar-refractivity contribution in [3.8, 4) is 0 Å². The Morgan fingerprint density at radius 1 is 1.06 bits per heavy atom. The van der Waals surface area contributed by atoms with Crippen LogP contribution in [0.25, 0.3) is 0 Å². The Morgan fingerprint density at radius 3 is 2.00 bits per heavy atom. The summed E-state index contributed by atoms with van der Waals surface area (Å²) in [7, 11) is 6.25. The first-order valence-electron chi connectivity index (χ1n) is 5.11. The minimum atomic E-state index is -2.35. The Morgan fingerprint density at radius 2 is 1.56 bits per heavy atom. The third-order valence-electron chi connectivity index (χ3n) is 2.59. The molecule has 90 valence electrons. The zero-order valence-corrected chi connectivity index (χ0v) is 15.5. The van der Waals surface area contributed by atoms with Crippen molar-refractivity contribution in [3.63, 3.8) is 0 Å². The van der Waals surface area contributed by atoms with Gasteiger partial charge in [0.2, 0.25) is 0 Å². The third kappa shape index (κ3) is 3.07. The van der Waals surface area contributed by atoms with Gasteiger partial charge in [0, 0.05) is 0 Å². The number of nitrogens with two attached hydrogens (primary N) is 1. The minimum absolute atomic E-state index is 0.138. The van der Waals surface area contributed by atoms with E-state index in [4.69, 9.17) is 5.73 Å². The molecule has 5 heteroatoms. The molecule has 16 heavy (non-hydrogen) atoms. The van der Waals surface area contributed by atoms with Gasteiger partial charge < -0.3 is 0 Å². The molecule has 0 aromatic heterocycles. The molecular formula is C11H19NS3Sn. The average molecular weight is 380 g/mol. The molecule has 1 rings (SSSR count). The van der Waals surface area contributed by atoms with Gasteiger partial charge in [0.05, 0.1) is 0 Å². The summed E-state index contributed by atoms with van der Waals surface area (Å²) in [6.07, 6.45) is 6.75. The molecule has 1 nitrogen and oxygen atoms in total. The molecule has 0 heterocycles. The summed E-state index contributed by atoms with van der Waals surface area (Å²) < 4.78 is 1.55. The predicted molar refractivity (Wildman–Crippen MR) is 85.0 cm³/mol. The van der Waals surface area contributed by atoms with Gasteiger partial charge in [0.1, 0.15) is 0 Å². The van der Waals surface area contributed by atoms with E-state index >= 15 is 0 Å². The van der Waals surface area contributed by atoms with Gasteiger partial charge in [-0.2, -0.15) is 0 Å². The normalized spacial score (nSPS) is 13.8. The van der Waals surface area contributed by atoms with E-state index in [1.54, 1.807) is 3.58 Å². The van der Waals surface area contributed by atoms with E-state index in [0.29, 0.717) is 0 Å². The van der Waals surface area contributed by atoms with Gasteiger partial charge in [-0.05, 0) is 0 Å². The summed E-state index contributed by atoms with van der Waals surface area (Å²) in [5.74, 6) is 0. The summed E-state index contributed by atoms with van der Waals surface area (Å²) >= 11 is -2.35. The van der Waals surface area contributed by atoms with Crippen molar-refractivity contribution in [3.05, 3.63) is 29.8 Å². The number of benzene rings is 1. The van der Waals surface area contributed by atoms with Gasteiger partial charge in [-0.3, -0.25) is 0 Å². The maximum absolute atomic E-state index is 6.08. The Balaban J connectivity index is 3.29. The summed E-state index contributed by atoms with van der Waals surface area (Å²) in [6.45, 7) is 2.08. The fourth-order valence-corrected chi connectivity index (χ4v) is 29.4. The van der Waals surface area contributed by atoms with Crippen molar-refractivity contribution in [1.82, 2.24) is 0 Å². The topological polar surface area (TPSA) is 26.0 Å². The predicted octanol–water partition coefficient (Wildman–Crippen LogP) is 2.94. The molecular weight excluding hydrogens is 361 g/mol. The van der Waals surface area contributed by atoms with Crippen molar-refractivity contribution in [1.29, 1.82) is 0 Å². The second-order valence-electron chi connectivity index (χ2n) is 3.54. The summed E-state index contributed by atoms with van der Waals surface area (Å²) in [5, 5.41) is 0. The Hall–Kier alpha value is 1.03. The van der Waals surface area contributed by atoms with Gasteiger partial charge in [-0.1, -0.05) is 0 Å². The first-order chi connectivity index (χ1) is 7.61. The SMILES string of the molecule is C[S][Sn]([S]C)([S]C)[c]1ccccc1C(C)N. The molecule has 0 saturated heterocycles. The molecule has 0 bridgehead atoms. The van der Waals surface area contributed by atoms with Gasteiger partial charge in [0.15, 0.2) is 0 Å². The molecule has 0 saturated carbocycles. The van der Waals surface area contributed by atoms with Crippen LogP contribution in [0.4, 0.5) is 0 Å². The fourth-order valence-electron chi connectivity index (χ4n) is 1.75. The summed E-state index contributed by atoms with van der Waals surface area (Å²) in [6, 6.07) is 8.86. The second kappa shape index (κ2) is 6.83. The Labute approximate surface area is 111 Å². The first-order valence-corrected chi connectivity index (χ1v) is 20.7. The molecule has 0 aliphatic heterocycles. The van der Waals surface area contributed by atoms with Crippen molar-refractivity contribution in [2.75, 3.05) is 18.8 Å². The maximum atomic E-state index is 6.08. The van der Waals surface area contributed by atoms with Crippen LogP contribution in [0.2, 0.25) is 0 Å². The zero-order chi connectivity index (χ0) is 12.2. The van der Waals surface area contributed by atoms with Crippen LogP contribution in [0.5, 0.6) is 0 Å². The fraction of sp³-hybridized carbons (Fsp3) is 0.455. The molecule has 0 aliphatic carbocycles. The van der Waals surface area contributed by atoms with Crippen LogP contribution in [0.15, 0.2) is 24.3 Å². The molecule has 1 aromatic carbocycles. The Bertz CT molecular complexity index is 331. The van der Waals surface area contributed by atoms with E-state index in [1.165, 1.54) is 5.56 Å². The van der Waals surface area contributed by atoms with Crippen LogP contribution in [-0.2, 0) is 0 Å². The van der Waals surface area contributed by atoms with E-state index < -0.39 is 14.2 Å². The standard InChI is InChI=1S/C8H10N.3CH4S.Sn/c1-7(9)8-5-3-2-4-6-8;3*1-2;/h2-5,7H,9H2,1H3;3*2H,1H3;/q;;;;+3/p-3. The van der Waals surface area contributed by atoms with E-state index in [-0.39, 0.29) is 6.04 Å². The molecule has 0 amide bonds. The van der Waals surface area contributed by atoms with Crippen molar-refractivity contribution in [2.24, 2.45) is 5.73 Å². The second-order valence-corrected chi connectivity index (χ2v) is 37.5. The van der Waals surface area contributed by atoms with Crippen molar-refractivity contribution < 1.29 is 0 Å². The van der Waals surface area contributed by atoms with Gasteiger partial charge in [-0.15, -0.1) is 0 Å². The van der Waals surface area contributed by atoms with Gasteiger partial charge >= 0.3 is 112 Å². The average Bonchev–Trinajstić information content (AvgIpc) is 2.32. The summed E-state index contributed by atoms with van der Waals surface area (Å²) in [4.78, 5) is 0. The molecule has 1 unspecified atom stereocenters. The van der Waals surface area contributed by atoms with Crippen LogP contribution in [-0.4, -0.2) is 33.0 Å². The molecule has 1 aromatic rings. The number of hydrogen-bond acceptors (Lipinski definition) is 4. The van der Waals surface area contributed by atoms with Crippen molar-refractivity contribution in [2.45, 2.75) is 13.0 Å². The van der Waals surface area contributed by atoms with Crippen molar-refractivity contribution >= 4 is 44.6 Å². The van der Waals surface area contributed by atoms with Crippen LogP contribution >= 0.6 is 26.8 Å². The van der Waals surface area contributed by atoms with Crippen LogP contribution in [0.1, 0.15) is 18.5 Å². The van der Waals surface area contributed by atoms with E-state index in [0.717, 1.165) is 0 Å². The number of hydrogen-bond donors (Lipinski definition) is 1. The monoisotopic (exact) mass is 381 g/mol. The Kier molecular flexibility index (Phi) is 6.44. The summed E-state index contributed by atoms with van der Waals surface area (Å²) in [5.41, 5.74) is 7.42. The molecule has 0 radical (unpaired) electrons. The molecule has 2 N–H and O–H groups in total. The zero-order valence-electron chi connectivity index (χ0n) is 10.2.